The average molecular weight is 362 g/mol. The summed E-state index contributed by atoms with van der Waals surface area (Å²) in [7, 11) is -0.727. The van der Waals surface area contributed by atoms with E-state index in [2.05, 4.69) is 10.0 Å². The van der Waals surface area contributed by atoms with Crippen LogP contribution in [-0.4, -0.2) is 28.5 Å². The normalized spacial score (nSPS) is 11.1. The first kappa shape index (κ1) is 18.8. The van der Waals surface area contributed by atoms with Crippen molar-refractivity contribution in [2.24, 2.45) is 0 Å². The smallest absolute Gasteiger partial charge is 0.262 e. The Bertz CT molecular complexity index is 921. The summed E-state index contributed by atoms with van der Waals surface area (Å²) in [6.45, 7) is 5.20. The lowest BCUT2D eigenvalue weighted by Gasteiger charge is -2.16. The highest BCUT2D eigenvalue weighted by Gasteiger charge is 2.21. The van der Waals surface area contributed by atoms with Crippen LogP contribution in [0, 0.1) is 20.8 Å². The second-order valence-corrected chi connectivity index (χ2v) is 7.40. The van der Waals surface area contributed by atoms with Gasteiger partial charge in [-0.15, -0.1) is 0 Å². The fraction of sp³-hybridized carbons (Fsp3) is 0.278. The standard InChI is InChI=1S/C18H22N2O4S/c1-11-10-17(12(2)9-16(11)24-5)25(22,23)20-15-8-6-7-14(13(15)3)18(21)19-4/h6-10,20H,1-5H3,(H,19,21). The van der Waals surface area contributed by atoms with Crippen molar-refractivity contribution in [3.05, 3.63) is 52.6 Å². The molecule has 2 aromatic carbocycles. The summed E-state index contributed by atoms with van der Waals surface area (Å²) < 4.78 is 33.5. The molecule has 0 fully saturated rings. The van der Waals surface area contributed by atoms with Crippen LogP contribution in [-0.2, 0) is 10.0 Å². The van der Waals surface area contributed by atoms with Crippen molar-refractivity contribution in [3.8, 4) is 5.75 Å². The van der Waals surface area contributed by atoms with Gasteiger partial charge in [-0.1, -0.05) is 6.07 Å². The van der Waals surface area contributed by atoms with Crippen LogP contribution in [0.2, 0.25) is 0 Å². The molecular weight excluding hydrogens is 340 g/mol. The molecule has 0 aromatic heterocycles. The Labute approximate surface area is 148 Å². The summed E-state index contributed by atoms with van der Waals surface area (Å²) >= 11 is 0. The van der Waals surface area contributed by atoms with Crippen LogP contribution in [0.5, 0.6) is 5.75 Å². The number of hydrogen-bond donors (Lipinski definition) is 2. The van der Waals surface area contributed by atoms with Gasteiger partial charge >= 0.3 is 0 Å². The number of sulfonamides is 1. The number of aryl methyl sites for hydroxylation is 2. The average Bonchev–Trinajstić information content (AvgIpc) is 2.57. The molecule has 0 spiro atoms. The molecular formula is C18H22N2O4S. The molecule has 0 unspecified atom stereocenters. The van der Waals surface area contributed by atoms with Crippen molar-refractivity contribution in [3.63, 3.8) is 0 Å². The maximum atomic E-state index is 12.8. The van der Waals surface area contributed by atoms with Crippen LogP contribution in [0.25, 0.3) is 0 Å². The lowest BCUT2D eigenvalue weighted by molar-refractivity contribution is 0.0962. The zero-order valence-electron chi connectivity index (χ0n) is 14.9. The number of methoxy groups -OCH3 is 1. The lowest BCUT2D eigenvalue weighted by Crippen LogP contribution is -2.20. The second-order valence-electron chi connectivity index (χ2n) is 5.75. The molecule has 0 bridgehead atoms. The highest BCUT2D eigenvalue weighted by atomic mass is 32.2. The van der Waals surface area contributed by atoms with Gasteiger partial charge in [-0.05, 0) is 61.7 Å². The van der Waals surface area contributed by atoms with Gasteiger partial charge in [-0.3, -0.25) is 9.52 Å². The first-order chi connectivity index (χ1) is 11.7. The van der Waals surface area contributed by atoms with Crippen LogP contribution in [0.1, 0.15) is 27.0 Å². The topological polar surface area (TPSA) is 84.5 Å². The third-order valence-electron chi connectivity index (χ3n) is 4.03. The summed E-state index contributed by atoms with van der Waals surface area (Å²) in [5, 5.41) is 2.54. The molecule has 7 heteroatoms. The van der Waals surface area contributed by atoms with E-state index in [1.54, 1.807) is 58.2 Å². The van der Waals surface area contributed by atoms with E-state index in [4.69, 9.17) is 4.74 Å². The number of rotatable bonds is 5. The van der Waals surface area contributed by atoms with Crippen LogP contribution in [0.3, 0.4) is 0 Å². The van der Waals surface area contributed by atoms with Gasteiger partial charge in [-0.25, -0.2) is 8.42 Å². The van der Waals surface area contributed by atoms with Crippen molar-refractivity contribution in [1.29, 1.82) is 0 Å². The van der Waals surface area contributed by atoms with E-state index in [1.165, 1.54) is 7.05 Å². The van der Waals surface area contributed by atoms with Gasteiger partial charge < -0.3 is 10.1 Å². The quantitative estimate of drug-likeness (QED) is 0.857. The number of ether oxygens (including phenoxy) is 1. The minimum absolute atomic E-state index is 0.176. The van der Waals surface area contributed by atoms with E-state index in [0.717, 1.165) is 5.56 Å². The molecule has 0 heterocycles. The monoisotopic (exact) mass is 362 g/mol. The van der Waals surface area contributed by atoms with Crippen LogP contribution in [0.15, 0.2) is 35.2 Å². The zero-order chi connectivity index (χ0) is 18.8. The van der Waals surface area contributed by atoms with Gasteiger partial charge in [0, 0.05) is 12.6 Å². The second kappa shape index (κ2) is 7.14. The molecule has 2 aromatic rings. The fourth-order valence-corrected chi connectivity index (χ4v) is 4.03. The number of carbonyl (C=O) groups is 1. The van der Waals surface area contributed by atoms with Gasteiger partial charge in [0.05, 0.1) is 17.7 Å². The Morgan fingerprint density at radius 1 is 1.08 bits per heavy atom. The molecule has 0 aliphatic rings. The maximum absolute atomic E-state index is 12.8. The van der Waals surface area contributed by atoms with Gasteiger partial charge in [0.1, 0.15) is 5.75 Å². The highest BCUT2D eigenvalue weighted by molar-refractivity contribution is 7.92. The van der Waals surface area contributed by atoms with E-state index in [0.29, 0.717) is 28.1 Å². The van der Waals surface area contributed by atoms with Crippen molar-refractivity contribution in [2.75, 3.05) is 18.9 Å². The molecule has 25 heavy (non-hydrogen) atoms. The van der Waals surface area contributed by atoms with E-state index >= 15 is 0 Å². The molecule has 6 nitrogen and oxygen atoms in total. The molecule has 2 rings (SSSR count). The third-order valence-corrected chi connectivity index (χ3v) is 5.54. The Balaban J connectivity index is 2.47. The van der Waals surface area contributed by atoms with Crippen molar-refractivity contribution < 1.29 is 17.9 Å². The van der Waals surface area contributed by atoms with Gasteiger partial charge in [0.15, 0.2) is 0 Å². The molecule has 0 saturated heterocycles. The van der Waals surface area contributed by atoms with Crippen LogP contribution in [0.4, 0.5) is 5.69 Å². The van der Waals surface area contributed by atoms with Crippen LogP contribution >= 0.6 is 0 Å². The van der Waals surface area contributed by atoms with Gasteiger partial charge in [-0.2, -0.15) is 0 Å². The minimum Gasteiger partial charge on any atom is -0.496 e. The predicted octanol–water partition coefficient (Wildman–Crippen LogP) is 2.78. The van der Waals surface area contributed by atoms with Crippen molar-refractivity contribution in [1.82, 2.24) is 5.32 Å². The SMILES string of the molecule is CNC(=O)c1cccc(NS(=O)(=O)c2cc(C)c(OC)cc2C)c1C. The summed E-state index contributed by atoms with van der Waals surface area (Å²) in [6, 6.07) is 8.19. The predicted molar refractivity (Wildman–Crippen MR) is 97.8 cm³/mol. The molecule has 2 N–H and O–H groups in total. The van der Waals surface area contributed by atoms with E-state index in [1.807, 2.05) is 0 Å². The number of amides is 1. The first-order valence-corrected chi connectivity index (χ1v) is 9.19. The number of benzene rings is 2. The minimum atomic E-state index is -3.80. The highest BCUT2D eigenvalue weighted by Crippen LogP contribution is 2.28. The number of hydrogen-bond acceptors (Lipinski definition) is 4. The fourth-order valence-electron chi connectivity index (χ4n) is 2.60. The summed E-state index contributed by atoms with van der Waals surface area (Å²) in [6.07, 6.45) is 0. The Morgan fingerprint density at radius 3 is 2.36 bits per heavy atom. The molecule has 0 aliphatic heterocycles. The molecule has 0 aliphatic carbocycles. The molecule has 0 radical (unpaired) electrons. The third kappa shape index (κ3) is 3.76. The number of nitrogens with one attached hydrogen (secondary N) is 2. The summed E-state index contributed by atoms with van der Waals surface area (Å²) in [4.78, 5) is 12.1. The molecule has 1 amide bonds. The largest absolute Gasteiger partial charge is 0.496 e. The maximum Gasteiger partial charge on any atom is 0.262 e. The van der Waals surface area contributed by atoms with Crippen LogP contribution < -0.4 is 14.8 Å². The van der Waals surface area contributed by atoms with E-state index < -0.39 is 10.0 Å². The summed E-state index contributed by atoms with van der Waals surface area (Å²) in [5.41, 5.74) is 2.66. The Hall–Kier alpha value is -2.54. The zero-order valence-corrected chi connectivity index (χ0v) is 15.7. The van der Waals surface area contributed by atoms with Crippen molar-refractivity contribution >= 4 is 21.6 Å². The van der Waals surface area contributed by atoms with E-state index in [9.17, 15) is 13.2 Å². The summed E-state index contributed by atoms with van der Waals surface area (Å²) in [5.74, 6) is 0.365. The number of anilines is 1. The van der Waals surface area contributed by atoms with Gasteiger partial charge in [0.2, 0.25) is 0 Å². The molecule has 0 atom stereocenters. The van der Waals surface area contributed by atoms with Crippen molar-refractivity contribution in [2.45, 2.75) is 25.7 Å². The Kier molecular flexibility index (Phi) is 5.37. The molecule has 0 saturated carbocycles. The number of carbonyl (C=O) groups excluding carboxylic acids is 1. The molecule has 134 valence electrons. The Morgan fingerprint density at radius 2 is 1.76 bits per heavy atom. The first-order valence-electron chi connectivity index (χ1n) is 7.71. The van der Waals surface area contributed by atoms with Gasteiger partial charge in [0.25, 0.3) is 15.9 Å². The lowest BCUT2D eigenvalue weighted by atomic mass is 10.1. The van der Waals surface area contributed by atoms with E-state index in [-0.39, 0.29) is 10.8 Å².